The number of hydrogen-bond donors (Lipinski definition) is 2. The molecule has 0 saturated heterocycles. The molecule has 1 unspecified atom stereocenters. The van der Waals surface area contributed by atoms with Crippen molar-refractivity contribution in [2.24, 2.45) is 12.8 Å². The Labute approximate surface area is 120 Å². The second kappa shape index (κ2) is 6.06. The van der Waals surface area contributed by atoms with E-state index < -0.39 is 11.1 Å². The molecule has 7 heteroatoms. The maximum atomic E-state index is 11.3. The molecule has 2 aromatic rings. The van der Waals surface area contributed by atoms with Crippen LogP contribution < -0.4 is 16.9 Å². The standard InChI is InChI=1S/C13H16N4O2S/c1-3-10(14)8-4-6-9(7-5-8)20-13-15-11(18)12(19)16-17(13)2/h4-7,10H,3,14H2,1-2H3,(H,16,19). The third-order valence-corrected chi connectivity index (χ3v) is 3.96. The Morgan fingerprint density at radius 1 is 1.35 bits per heavy atom. The van der Waals surface area contributed by atoms with Crippen LogP contribution in [0.2, 0.25) is 0 Å². The van der Waals surface area contributed by atoms with Gasteiger partial charge in [-0.3, -0.25) is 19.4 Å². The van der Waals surface area contributed by atoms with Gasteiger partial charge in [0.05, 0.1) is 0 Å². The van der Waals surface area contributed by atoms with Crippen LogP contribution in [0.25, 0.3) is 0 Å². The summed E-state index contributed by atoms with van der Waals surface area (Å²) in [7, 11) is 1.64. The van der Waals surface area contributed by atoms with E-state index in [9.17, 15) is 9.59 Å². The van der Waals surface area contributed by atoms with E-state index in [4.69, 9.17) is 5.73 Å². The van der Waals surface area contributed by atoms with Gasteiger partial charge in [-0.15, -0.1) is 0 Å². The monoisotopic (exact) mass is 292 g/mol. The maximum Gasteiger partial charge on any atom is 0.339 e. The van der Waals surface area contributed by atoms with Crippen molar-refractivity contribution in [2.45, 2.75) is 29.4 Å². The first-order valence-electron chi connectivity index (χ1n) is 6.22. The molecule has 0 aliphatic rings. The lowest BCUT2D eigenvalue weighted by Crippen LogP contribution is -2.33. The van der Waals surface area contributed by atoms with Crippen molar-refractivity contribution in [1.82, 2.24) is 14.8 Å². The molecular weight excluding hydrogens is 276 g/mol. The summed E-state index contributed by atoms with van der Waals surface area (Å²) < 4.78 is 1.43. The highest BCUT2D eigenvalue weighted by atomic mass is 32.2. The molecule has 0 radical (unpaired) electrons. The molecule has 106 valence electrons. The fourth-order valence-corrected chi connectivity index (χ4v) is 2.47. The van der Waals surface area contributed by atoms with Crippen LogP contribution >= 0.6 is 11.8 Å². The van der Waals surface area contributed by atoms with Gasteiger partial charge >= 0.3 is 11.1 Å². The van der Waals surface area contributed by atoms with Gasteiger partial charge < -0.3 is 5.73 Å². The zero-order valence-electron chi connectivity index (χ0n) is 11.3. The molecule has 1 aromatic carbocycles. The average molecular weight is 292 g/mol. The first-order valence-corrected chi connectivity index (χ1v) is 7.03. The molecule has 6 nitrogen and oxygen atoms in total. The largest absolute Gasteiger partial charge is 0.339 e. The molecule has 1 heterocycles. The van der Waals surface area contributed by atoms with E-state index in [0.29, 0.717) is 5.16 Å². The van der Waals surface area contributed by atoms with Crippen molar-refractivity contribution in [3.63, 3.8) is 0 Å². The zero-order valence-corrected chi connectivity index (χ0v) is 12.1. The summed E-state index contributed by atoms with van der Waals surface area (Å²) in [6, 6.07) is 7.80. The van der Waals surface area contributed by atoms with Crippen molar-refractivity contribution in [3.8, 4) is 0 Å². The van der Waals surface area contributed by atoms with Gasteiger partial charge in [-0.05, 0) is 24.1 Å². The van der Waals surface area contributed by atoms with Crippen molar-refractivity contribution in [3.05, 3.63) is 50.5 Å². The van der Waals surface area contributed by atoms with Crippen LogP contribution in [0.3, 0.4) is 0 Å². The Bertz CT molecular complexity index is 706. The summed E-state index contributed by atoms with van der Waals surface area (Å²) in [5.74, 6) is 0. The summed E-state index contributed by atoms with van der Waals surface area (Å²) in [6.07, 6.45) is 0.877. The van der Waals surface area contributed by atoms with Crippen molar-refractivity contribution >= 4 is 11.8 Å². The highest BCUT2D eigenvalue weighted by molar-refractivity contribution is 7.99. The Balaban J connectivity index is 2.24. The van der Waals surface area contributed by atoms with Crippen molar-refractivity contribution in [1.29, 1.82) is 0 Å². The van der Waals surface area contributed by atoms with E-state index in [2.05, 4.69) is 10.1 Å². The van der Waals surface area contributed by atoms with Crippen molar-refractivity contribution < 1.29 is 0 Å². The van der Waals surface area contributed by atoms with Gasteiger partial charge in [-0.1, -0.05) is 30.8 Å². The quantitative estimate of drug-likeness (QED) is 0.821. The molecule has 0 bridgehead atoms. The van der Waals surface area contributed by atoms with E-state index in [0.717, 1.165) is 16.9 Å². The molecule has 2 rings (SSSR count). The third kappa shape index (κ3) is 3.17. The molecule has 0 amide bonds. The number of hydrogen-bond acceptors (Lipinski definition) is 5. The number of aromatic amines is 1. The molecule has 0 fully saturated rings. The van der Waals surface area contributed by atoms with Gasteiger partial charge in [-0.25, -0.2) is 0 Å². The number of nitrogens with one attached hydrogen (secondary N) is 1. The first kappa shape index (κ1) is 14.5. The zero-order chi connectivity index (χ0) is 14.7. The predicted molar refractivity (Wildman–Crippen MR) is 77.9 cm³/mol. The Morgan fingerprint density at radius 3 is 2.60 bits per heavy atom. The number of rotatable bonds is 4. The molecule has 0 aliphatic carbocycles. The van der Waals surface area contributed by atoms with Gasteiger partial charge in [0, 0.05) is 18.0 Å². The number of aromatic nitrogens is 3. The van der Waals surface area contributed by atoms with E-state index >= 15 is 0 Å². The van der Waals surface area contributed by atoms with Gasteiger partial charge in [0.2, 0.25) is 0 Å². The maximum absolute atomic E-state index is 11.3. The molecule has 0 saturated carbocycles. The molecule has 20 heavy (non-hydrogen) atoms. The number of aryl methyl sites for hydroxylation is 1. The van der Waals surface area contributed by atoms with E-state index in [1.165, 1.54) is 16.4 Å². The smallest absolute Gasteiger partial charge is 0.324 e. The summed E-state index contributed by atoms with van der Waals surface area (Å²) in [5, 5.41) is 2.84. The Kier molecular flexibility index (Phi) is 4.41. The van der Waals surface area contributed by atoms with Gasteiger partial charge in [0.15, 0.2) is 5.16 Å². The lowest BCUT2D eigenvalue weighted by Gasteiger charge is -2.10. The summed E-state index contributed by atoms with van der Waals surface area (Å²) >= 11 is 1.31. The molecule has 1 atom stereocenters. The molecule has 0 aliphatic heterocycles. The van der Waals surface area contributed by atoms with Crippen LogP contribution in [0, 0.1) is 0 Å². The van der Waals surface area contributed by atoms with Crippen molar-refractivity contribution in [2.75, 3.05) is 0 Å². The van der Waals surface area contributed by atoms with Crippen LogP contribution in [0.4, 0.5) is 0 Å². The van der Waals surface area contributed by atoms with E-state index in [-0.39, 0.29) is 6.04 Å². The second-order valence-corrected chi connectivity index (χ2v) is 5.43. The van der Waals surface area contributed by atoms with Gasteiger partial charge in [0.1, 0.15) is 0 Å². The number of benzene rings is 1. The second-order valence-electron chi connectivity index (χ2n) is 4.39. The molecule has 0 spiro atoms. The number of nitrogens with two attached hydrogens (primary N) is 1. The molecule has 1 aromatic heterocycles. The minimum absolute atomic E-state index is 0.0320. The Morgan fingerprint density at radius 2 is 2.00 bits per heavy atom. The summed E-state index contributed by atoms with van der Waals surface area (Å²) in [5.41, 5.74) is 5.52. The highest BCUT2D eigenvalue weighted by Gasteiger charge is 2.07. The topological polar surface area (TPSA) is 93.8 Å². The van der Waals surface area contributed by atoms with Crippen LogP contribution in [0.5, 0.6) is 0 Å². The van der Waals surface area contributed by atoms with Crippen LogP contribution in [0.1, 0.15) is 24.9 Å². The van der Waals surface area contributed by atoms with Gasteiger partial charge in [-0.2, -0.15) is 4.98 Å². The minimum Gasteiger partial charge on any atom is -0.324 e. The lowest BCUT2D eigenvalue weighted by atomic mass is 10.1. The molecule has 3 N–H and O–H groups in total. The van der Waals surface area contributed by atoms with Crippen LogP contribution in [0.15, 0.2) is 43.9 Å². The normalized spacial score (nSPS) is 12.3. The van der Waals surface area contributed by atoms with E-state index in [1.807, 2.05) is 31.2 Å². The fourth-order valence-electron chi connectivity index (χ4n) is 1.68. The van der Waals surface area contributed by atoms with Crippen LogP contribution in [-0.4, -0.2) is 14.8 Å². The molecular formula is C13H16N4O2S. The number of H-pyrrole nitrogens is 1. The fraction of sp³-hybridized carbons (Fsp3) is 0.308. The Hall–Kier alpha value is -1.86. The SMILES string of the molecule is CCC(N)c1ccc(Sc2nc(=O)c(=O)[nH]n2C)cc1. The number of nitrogens with zero attached hydrogens (tertiary/aromatic N) is 2. The average Bonchev–Trinajstić information content (AvgIpc) is 2.44. The minimum atomic E-state index is -0.782. The third-order valence-electron chi connectivity index (χ3n) is 2.90. The predicted octanol–water partition coefficient (Wildman–Crippen LogP) is 1.03. The lowest BCUT2D eigenvalue weighted by molar-refractivity contribution is 0.596. The highest BCUT2D eigenvalue weighted by Crippen LogP contribution is 2.25. The van der Waals surface area contributed by atoms with Gasteiger partial charge in [0.25, 0.3) is 0 Å². The summed E-state index contributed by atoms with van der Waals surface area (Å²) in [6.45, 7) is 2.04. The first-order chi connectivity index (χ1) is 9.51. The summed E-state index contributed by atoms with van der Waals surface area (Å²) in [4.78, 5) is 27.1. The van der Waals surface area contributed by atoms with Crippen LogP contribution in [-0.2, 0) is 7.05 Å². The van der Waals surface area contributed by atoms with E-state index in [1.54, 1.807) is 7.05 Å².